The summed E-state index contributed by atoms with van der Waals surface area (Å²) in [4.78, 5) is 14.5. The number of imidazole rings is 1. The number of rotatable bonds is 5. The van der Waals surface area contributed by atoms with Crippen LogP contribution in [0.5, 0.6) is 0 Å². The zero-order valence-corrected chi connectivity index (χ0v) is 7.44. The zero-order chi connectivity index (χ0) is 9.68. The summed E-state index contributed by atoms with van der Waals surface area (Å²) in [7, 11) is 0. The van der Waals surface area contributed by atoms with Crippen LogP contribution in [0.1, 0.15) is 12.8 Å². The summed E-state index contributed by atoms with van der Waals surface area (Å²) in [6.07, 6.45) is 6.86. The molecule has 1 amide bonds. The van der Waals surface area contributed by atoms with Gasteiger partial charge in [-0.25, -0.2) is 4.98 Å². The van der Waals surface area contributed by atoms with Gasteiger partial charge in [-0.1, -0.05) is 6.58 Å². The fraction of sp³-hybridized carbons (Fsp3) is 0.333. The molecule has 0 aromatic carbocycles. The predicted molar refractivity (Wildman–Crippen MR) is 49.8 cm³/mol. The number of hydrogen-bond acceptors (Lipinski definition) is 2. The molecule has 4 heteroatoms. The number of carbonyl (C=O) groups is 1. The number of nitrogens with two attached hydrogens (primary N) is 1. The highest BCUT2D eigenvalue weighted by atomic mass is 16.1. The van der Waals surface area contributed by atoms with Crippen molar-refractivity contribution in [1.29, 1.82) is 0 Å². The molecule has 4 nitrogen and oxygen atoms in total. The van der Waals surface area contributed by atoms with Crippen molar-refractivity contribution >= 4 is 5.91 Å². The SMILES string of the molecule is C=C(CCCn1ccnc1)C(N)=O. The predicted octanol–water partition coefficient (Wildman–Crippen LogP) is 0.705. The number of primary amides is 1. The molecule has 0 radical (unpaired) electrons. The van der Waals surface area contributed by atoms with Crippen molar-refractivity contribution in [2.75, 3.05) is 0 Å². The summed E-state index contributed by atoms with van der Waals surface area (Å²) >= 11 is 0. The Bertz CT molecular complexity index is 290. The Morgan fingerprint density at radius 1 is 1.62 bits per heavy atom. The van der Waals surface area contributed by atoms with E-state index in [2.05, 4.69) is 11.6 Å². The second-order valence-corrected chi connectivity index (χ2v) is 2.87. The third kappa shape index (κ3) is 3.11. The number of amides is 1. The Morgan fingerprint density at radius 3 is 2.92 bits per heavy atom. The van der Waals surface area contributed by atoms with Gasteiger partial charge in [-0.2, -0.15) is 0 Å². The highest BCUT2D eigenvalue weighted by Crippen LogP contribution is 2.02. The first-order valence-electron chi connectivity index (χ1n) is 4.13. The van der Waals surface area contributed by atoms with Crippen LogP contribution in [-0.4, -0.2) is 15.5 Å². The van der Waals surface area contributed by atoms with E-state index in [1.165, 1.54) is 0 Å². The molecule has 0 spiro atoms. The zero-order valence-electron chi connectivity index (χ0n) is 7.44. The molecule has 0 aliphatic heterocycles. The van der Waals surface area contributed by atoms with Crippen molar-refractivity contribution in [2.45, 2.75) is 19.4 Å². The van der Waals surface area contributed by atoms with E-state index in [9.17, 15) is 4.79 Å². The smallest absolute Gasteiger partial charge is 0.244 e. The van der Waals surface area contributed by atoms with Gasteiger partial charge in [-0.05, 0) is 12.8 Å². The van der Waals surface area contributed by atoms with Gasteiger partial charge in [0, 0.05) is 24.5 Å². The lowest BCUT2D eigenvalue weighted by Crippen LogP contribution is -2.13. The standard InChI is InChI=1S/C9H13N3O/c1-8(9(10)13)3-2-5-12-6-4-11-7-12/h4,6-7H,1-3,5H2,(H2,10,13). The van der Waals surface area contributed by atoms with Gasteiger partial charge in [-0.15, -0.1) is 0 Å². The van der Waals surface area contributed by atoms with Gasteiger partial charge in [0.15, 0.2) is 0 Å². The van der Waals surface area contributed by atoms with Gasteiger partial charge in [0.2, 0.25) is 5.91 Å². The topological polar surface area (TPSA) is 60.9 Å². The number of aryl methyl sites for hydroxylation is 1. The maximum Gasteiger partial charge on any atom is 0.244 e. The Labute approximate surface area is 77.1 Å². The quantitative estimate of drug-likeness (QED) is 0.676. The molecule has 1 aromatic heterocycles. The van der Waals surface area contributed by atoms with Gasteiger partial charge >= 0.3 is 0 Å². The first-order chi connectivity index (χ1) is 6.20. The summed E-state index contributed by atoms with van der Waals surface area (Å²) in [6.45, 7) is 4.41. The summed E-state index contributed by atoms with van der Waals surface area (Å²) < 4.78 is 1.95. The molecule has 0 unspecified atom stereocenters. The number of hydrogen-bond donors (Lipinski definition) is 1. The molecule has 0 aliphatic rings. The van der Waals surface area contributed by atoms with Gasteiger partial charge in [-0.3, -0.25) is 4.79 Å². The van der Waals surface area contributed by atoms with E-state index in [4.69, 9.17) is 5.73 Å². The average molecular weight is 179 g/mol. The molecule has 0 aliphatic carbocycles. The number of nitrogens with zero attached hydrogens (tertiary/aromatic N) is 2. The van der Waals surface area contributed by atoms with Crippen molar-refractivity contribution in [3.8, 4) is 0 Å². The molecule has 0 fully saturated rings. The third-order valence-corrected chi connectivity index (χ3v) is 1.80. The van der Waals surface area contributed by atoms with Gasteiger partial charge in [0.05, 0.1) is 6.33 Å². The van der Waals surface area contributed by atoms with Crippen molar-refractivity contribution < 1.29 is 4.79 Å². The van der Waals surface area contributed by atoms with Crippen LogP contribution in [0.4, 0.5) is 0 Å². The van der Waals surface area contributed by atoms with Crippen molar-refractivity contribution in [1.82, 2.24) is 9.55 Å². The lowest BCUT2D eigenvalue weighted by molar-refractivity contribution is -0.114. The molecule has 2 N–H and O–H groups in total. The Hall–Kier alpha value is -1.58. The normalized spacial score (nSPS) is 9.85. The highest BCUT2D eigenvalue weighted by Gasteiger charge is 2.00. The minimum atomic E-state index is -0.411. The molecule has 1 rings (SSSR count). The molecular formula is C9H13N3O. The lowest BCUT2D eigenvalue weighted by Gasteiger charge is -2.02. The Balaban J connectivity index is 2.22. The van der Waals surface area contributed by atoms with Crippen LogP contribution < -0.4 is 5.73 Å². The second-order valence-electron chi connectivity index (χ2n) is 2.87. The monoisotopic (exact) mass is 179 g/mol. The second kappa shape index (κ2) is 4.45. The van der Waals surface area contributed by atoms with E-state index in [-0.39, 0.29) is 0 Å². The van der Waals surface area contributed by atoms with E-state index in [1.54, 1.807) is 12.5 Å². The van der Waals surface area contributed by atoms with Crippen molar-refractivity contribution in [3.63, 3.8) is 0 Å². The largest absolute Gasteiger partial charge is 0.366 e. The summed E-state index contributed by atoms with van der Waals surface area (Å²) in [5.41, 5.74) is 5.52. The van der Waals surface area contributed by atoms with Crippen LogP contribution in [0.2, 0.25) is 0 Å². The lowest BCUT2D eigenvalue weighted by atomic mass is 10.1. The first kappa shape index (κ1) is 9.51. The molecule has 70 valence electrons. The average Bonchev–Trinajstić information content (AvgIpc) is 2.56. The van der Waals surface area contributed by atoms with Crippen LogP contribution in [0.25, 0.3) is 0 Å². The number of carbonyl (C=O) groups excluding carboxylic acids is 1. The van der Waals surface area contributed by atoms with Crippen molar-refractivity contribution in [3.05, 3.63) is 30.9 Å². The van der Waals surface area contributed by atoms with Gasteiger partial charge in [0.1, 0.15) is 0 Å². The maximum atomic E-state index is 10.6. The Morgan fingerprint density at radius 2 is 2.38 bits per heavy atom. The summed E-state index contributed by atoms with van der Waals surface area (Å²) in [5.74, 6) is -0.411. The molecule has 0 bridgehead atoms. The van der Waals surface area contributed by atoms with Crippen LogP contribution in [-0.2, 0) is 11.3 Å². The molecule has 0 saturated carbocycles. The molecule has 0 atom stereocenters. The molecule has 13 heavy (non-hydrogen) atoms. The van der Waals surface area contributed by atoms with Crippen LogP contribution in [0, 0.1) is 0 Å². The Kier molecular flexibility index (Phi) is 3.25. The minimum absolute atomic E-state index is 0.411. The van der Waals surface area contributed by atoms with E-state index < -0.39 is 5.91 Å². The maximum absolute atomic E-state index is 10.6. The van der Waals surface area contributed by atoms with Crippen molar-refractivity contribution in [2.24, 2.45) is 5.73 Å². The molecular weight excluding hydrogens is 166 g/mol. The minimum Gasteiger partial charge on any atom is -0.366 e. The van der Waals surface area contributed by atoms with E-state index in [0.29, 0.717) is 12.0 Å². The van der Waals surface area contributed by atoms with Gasteiger partial charge in [0.25, 0.3) is 0 Å². The van der Waals surface area contributed by atoms with Crippen LogP contribution >= 0.6 is 0 Å². The van der Waals surface area contributed by atoms with Crippen LogP contribution in [0.15, 0.2) is 30.9 Å². The van der Waals surface area contributed by atoms with Crippen LogP contribution in [0.3, 0.4) is 0 Å². The number of aromatic nitrogens is 2. The fourth-order valence-corrected chi connectivity index (χ4v) is 1.02. The fourth-order valence-electron chi connectivity index (χ4n) is 1.02. The molecule has 0 saturated heterocycles. The molecule has 1 heterocycles. The highest BCUT2D eigenvalue weighted by molar-refractivity contribution is 5.91. The summed E-state index contributed by atoms with van der Waals surface area (Å²) in [6, 6.07) is 0. The van der Waals surface area contributed by atoms with E-state index in [1.807, 2.05) is 10.8 Å². The summed E-state index contributed by atoms with van der Waals surface area (Å²) in [5, 5.41) is 0. The van der Waals surface area contributed by atoms with Gasteiger partial charge < -0.3 is 10.3 Å². The molecule has 1 aromatic rings. The van der Waals surface area contributed by atoms with E-state index >= 15 is 0 Å². The van der Waals surface area contributed by atoms with E-state index in [0.717, 1.165) is 13.0 Å². The third-order valence-electron chi connectivity index (χ3n) is 1.80. The first-order valence-corrected chi connectivity index (χ1v) is 4.13.